The Morgan fingerprint density at radius 1 is 1.29 bits per heavy atom. The Balaban J connectivity index is 2.20. The summed E-state index contributed by atoms with van der Waals surface area (Å²) >= 11 is 1.64. The molecule has 2 nitrogen and oxygen atoms in total. The molecule has 0 spiro atoms. The van der Waals surface area contributed by atoms with Crippen LogP contribution in [-0.2, 0) is 6.42 Å². The van der Waals surface area contributed by atoms with Crippen LogP contribution in [-0.4, -0.2) is 12.0 Å². The van der Waals surface area contributed by atoms with Crippen LogP contribution in [0.4, 0.5) is 0 Å². The molecule has 17 heavy (non-hydrogen) atoms. The molecule has 0 fully saturated rings. The number of hydrogen-bond acceptors (Lipinski definition) is 3. The molecule has 0 bridgehead atoms. The van der Waals surface area contributed by atoms with Crippen LogP contribution < -0.4 is 5.32 Å². The molecule has 1 aromatic carbocycles. The summed E-state index contributed by atoms with van der Waals surface area (Å²) in [7, 11) is 1.98. The fourth-order valence-electron chi connectivity index (χ4n) is 2.02. The van der Waals surface area contributed by atoms with Crippen molar-refractivity contribution in [3.8, 4) is 0 Å². The van der Waals surface area contributed by atoms with Crippen LogP contribution in [0.2, 0.25) is 0 Å². The largest absolute Gasteiger partial charge is 0.308 e. The first-order valence-electron chi connectivity index (χ1n) is 5.99. The van der Waals surface area contributed by atoms with E-state index in [1.807, 2.05) is 12.6 Å². The zero-order valence-electron chi connectivity index (χ0n) is 10.3. The Hall–Kier alpha value is -1.19. The van der Waals surface area contributed by atoms with E-state index < -0.39 is 0 Å². The maximum Gasteiger partial charge on any atom is 0.0795 e. The van der Waals surface area contributed by atoms with Gasteiger partial charge in [0.05, 0.1) is 17.2 Å². The van der Waals surface area contributed by atoms with Crippen LogP contribution in [0.5, 0.6) is 0 Å². The molecule has 1 heterocycles. The standard InChI is InChI=1S/C14H18N2S/c1-3-4-11-5-7-12(8-6-11)14(15-2)13-9-17-10-16-13/h5-10,14-15H,3-4H2,1-2H3. The highest BCUT2D eigenvalue weighted by molar-refractivity contribution is 7.07. The van der Waals surface area contributed by atoms with Gasteiger partial charge in [0.15, 0.2) is 0 Å². The lowest BCUT2D eigenvalue weighted by molar-refractivity contribution is 0.675. The van der Waals surface area contributed by atoms with E-state index in [0.29, 0.717) is 0 Å². The third-order valence-corrected chi connectivity index (χ3v) is 3.49. The Bertz CT molecular complexity index is 434. The minimum absolute atomic E-state index is 0.205. The molecule has 1 unspecified atom stereocenters. The van der Waals surface area contributed by atoms with Crippen LogP contribution in [0.3, 0.4) is 0 Å². The molecule has 90 valence electrons. The molecular weight excluding hydrogens is 228 g/mol. The Morgan fingerprint density at radius 3 is 2.59 bits per heavy atom. The quantitative estimate of drug-likeness (QED) is 0.874. The van der Waals surface area contributed by atoms with Gasteiger partial charge in [0.25, 0.3) is 0 Å². The monoisotopic (exact) mass is 246 g/mol. The molecule has 3 heteroatoms. The topological polar surface area (TPSA) is 24.9 Å². The third kappa shape index (κ3) is 2.93. The van der Waals surface area contributed by atoms with Gasteiger partial charge in [0.2, 0.25) is 0 Å². The molecule has 0 aliphatic heterocycles. The zero-order valence-corrected chi connectivity index (χ0v) is 11.1. The number of nitrogens with one attached hydrogen (secondary N) is 1. The summed E-state index contributed by atoms with van der Waals surface area (Å²) in [5, 5.41) is 5.41. The maximum atomic E-state index is 4.38. The molecule has 0 amide bonds. The summed E-state index contributed by atoms with van der Waals surface area (Å²) in [5.41, 5.74) is 5.66. The van der Waals surface area contributed by atoms with Crippen LogP contribution in [0.1, 0.15) is 36.2 Å². The second-order valence-electron chi connectivity index (χ2n) is 4.13. The van der Waals surface area contributed by atoms with Gasteiger partial charge < -0.3 is 5.32 Å². The average molecular weight is 246 g/mol. The predicted octanol–water partition coefficient (Wildman–Crippen LogP) is 3.40. The van der Waals surface area contributed by atoms with Crippen molar-refractivity contribution in [3.05, 3.63) is 52.0 Å². The minimum Gasteiger partial charge on any atom is -0.308 e. The van der Waals surface area contributed by atoms with Gasteiger partial charge in [0, 0.05) is 5.38 Å². The highest BCUT2D eigenvalue weighted by atomic mass is 32.1. The molecule has 0 saturated carbocycles. The SMILES string of the molecule is CCCc1ccc(C(NC)c2cscn2)cc1. The third-order valence-electron chi connectivity index (χ3n) is 2.89. The number of hydrogen-bond donors (Lipinski definition) is 1. The van der Waals surface area contributed by atoms with Gasteiger partial charge in [-0.25, -0.2) is 4.98 Å². The average Bonchev–Trinajstić information content (AvgIpc) is 2.86. The first-order valence-corrected chi connectivity index (χ1v) is 6.93. The molecular formula is C14H18N2S. The van der Waals surface area contributed by atoms with E-state index in [9.17, 15) is 0 Å². The van der Waals surface area contributed by atoms with Crippen molar-refractivity contribution in [2.24, 2.45) is 0 Å². The summed E-state index contributed by atoms with van der Waals surface area (Å²) in [6.45, 7) is 2.21. The van der Waals surface area contributed by atoms with Crippen molar-refractivity contribution >= 4 is 11.3 Å². The number of aryl methyl sites for hydroxylation is 1. The molecule has 0 aliphatic rings. The summed E-state index contributed by atoms with van der Waals surface area (Å²) in [6.07, 6.45) is 2.35. The fraction of sp³-hybridized carbons (Fsp3) is 0.357. The highest BCUT2D eigenvalue weighted by Gasteiger charge is 2.13. The number of benzene rings is 1. The Kier molecular flexibility index (Phi) is 4.29. The number of rotatable bonds is 5. The summed E-state index contributed by atoms with van der Waals surface area (Å²) in [5.74, 6) is 0. The number of aromatic nitrogens is 1. The van der Waals surface area contributed by atoms with Gasteiger partial charge in [-0.2, -0.15) is 0 Å². The molecule has 1 atom stereocenters. The van der Waals surface area contributed by atoms with Crippen LogP contribution in [0.15, 0.2) is 35.2 Å². The first-order chi connectivity index (χ1) is 8.35. The molecule has 1 aromatic heterocycles. The van der Waals surface area contributed by atoms with E-state index in [1.54, 1.807) is 11.3 Å². The molecule has 2 aromatic rings. The van der Waals surface area contributed by atoms with Crippen molar-refractivity contribution in [2.45, 2.75) is 25.8 Å². The zero-order chi connectivity index (χ0) is 12.1. The molecule has 2 rings (SSSR count). The van der Waals surface area contributed by atoms with Gasteiger partial charge in [-0.05, 0) is 24.6 Å². The summed E-state index contributed by atoms with van der Waals surface area (Å²) < 4.78 is 0. The van der Waals surface area contributed by atoms with E-state index >= 15 is 0 Å². The van der Waals surface area contributed by atoms with Crippen molar-refractivity contribution < 1.29 is 0 Å². The Labute approximate surface area is 107 Å². The Morgan fingerprint density at radius 2 is 2.06 bits per heavy atom. The smallest absolute Gasteiger partial charge is 0.0795 e. The van der Waals surface area contributed by atoms with Crippen LogP contribution in [0, 0.1) is 0 Å². The van der Waals surface area contributed by atoms with E-state index in [4.69, 9.17) is 0 Å². The number of nitrogens with zero attached hydrogens (tertiary/aromatic N) is 1. The summed E-state index contributed by atoms with van der Waals surface area (Å²) in [4.78, 5) is 4.38. The minimum atomic E-state index is 0.205. The van der Waals surface area contributed by atoms with Gasteiger partial charge in [-0.3, -0.25) is 0 Å². The maximum absolute atomic E-state index is 4.38. The lowest BCUT2D eigenvalue weighted by atomic mass is 10.0. The van der Waals surface area contributed by atoms with Gasteiger partial charge >= 0.3 is 0 Å². The molecule has 1 N–H and O–H groups in total. The highest BCUT2D eigenvalue weighted by Crippen LogP contribution is 2.22. The van der Waals surface area contributed by atoms with E-state index in [2.05, 4.69) is 46.9 Å². The summed E-state index contributed by atoms with van der Waals surface area (Å²) in [6, 6.07) is 9.04. The first kappa shape index (κ1) is 12.3. The van der Waals surface area contributed by atoms with Gasteiger partial charge in [-0.1, -0.05) is 37.6 Å². The van der Waals surface area contributed by atoms with Gasteiger partial charge in [-0.15, -0.1) is 11.3 Å². The van der Waals surface area contributed by atoms with Crippen LogP contribution >= 0.6 is 11.3 Å². The molecule has 0 radical (unpaired) electrons. The normalized spacial score (nSPS) is 12.6. The lowest BCUT2D eigenvalue weighted by Crippen LogP contribution is -2.17. The van der Waals surface area contributed by atoms with E-state index in [0.717, 1.165) is 12.1 Å². The number of thiazole rings is 1. The second-order valence-corrected chi connectivity index (χ2v) is 4.85. The second kappa shape index (κ2) is 5.94. The lowest BCUT2D eigenvalue weighted by Gasteiger charge is -2.14. The van der Waals surface area contributed by atoms with E-state index in [1.165, 1.54) is 17.5 Å². The van der Waals surface area contributed by atoms with Crippen molar-refractivity contribution in [2.75, 3.05) is 7.05 Å². The van der Waals surface area contributed by atoms with Crippen molar-refractivity contribution in [3.63, 3.8) is 0 Å². The molecule has 0 saturated heterocycles. The van der Waals surface area contributed by atoms with Crippen LogP contribution in [0.25, 0.3) is 0 Å². The van der Waals surface area contributed by atoms with Gasteiger partial charge in [0.1, 0.15) is 0 Å². The van der Waals surface area contributed by atoms with E-state index in [-0.39, 0.29) is 6.04 Å². The predicted molar refractivity (Wildman–Crippen MR) is 73.5 cm³/mol. The van der Waals surface area contributed by atoms with Crippen molar-refractivity contribution in [1.29, 1.82) is 0 Å². The van der Waals surface area contributed by atoms with Crippen molar-refractivity contribution in [1.82, 2.24) is 10.3 Å². The molecule has 0 aliphatic carbocycles. The fourth-order valence-corrected chi connectivity index (χ4v) is 2.59.